The van der Waals surface area contributed by atoms with Crippen LogP contribution in [0.1, 0.15) is 18.4 Å². The lowest BCUT2D eigenvalue weighted by molar-refractivity contribution is 0.479. The van der Waals surface area contributed by atoms with Gasteiger partial charge in [0.25, 0.3) is 0 Å². The number of hydrogen-bond donors (Lipinski definition) is 3. The molecule has 0 bridgehead atoms. The minimum absolute atomic E-state index is 0.0914. The summed E-state index contributed by atoms with van der Waals surface area (Å²) in [5, 5.41) is 7.17. The van der Waals surface area contributed by atoms with Crippen LogP contribution in [0.4, 0.5) is 10.1 Å². The maximum atomic E-state index is 13.6. The van der Waals surface area contributed by atoms with Crippen LogP contribution in [0.2, 0.25) is 0 Å². The van der Waals surface area contributed by atoms with Crippen LogP contribution in [0.3, 0.4) is 0 Å². The molecule has 5 nitrogen and oxygen atoms in total. The van der Waals surface area contributed by atoms with Crippen LogP contribution in [0.15, 0.2) is 52.4 Å². The summed E-state index contributed by atoms with van der Waals surface area (Å²) in [6.07, 6.45) is 3.43. The lowest BCUT2D eigenvalue weighted by Gasteiger charge is -2.25. The summed E-state index contributed by atoms with van der Waals surface area (Å²) in [6, 6.07) is 9.53. The molecule has 1 saturated heterocycles. The fraction of sp³-hybridized carbons (Fsp3) is 0.300. The largest absolute Gasteiger partial charge is 0.382 e. The molecule has 0 unspecified atom stereocenters. The molecule has 7 heteroatoms. The van der Waals surface area contributed by atoms with Crippen LogP contribution in [0, 0.1) is 12.7 Å². The summed E-state index contributed by atoms with van der Waals surface area (Å²) in [7, 11) is -3.77. The molecule has 4 rings (SSSR count). The molecule has 0 atom stereocenters. The van der Waals surface area contributed by atoms with Gasteiger partial charge in [0.2, 0.25) is 9.84 Å². The second-order valence-corrected chi connectivity index (χ2v) is 8.91. The van der Waals surface area contributed by atoms with Crippen LogP contribution < -0.4 is 10.6 Å². The van der Waals surface area contributed by atoms with E-state index >= 15 is 0 Å². The molecule has 1 fully saturated rings. The van der Waals surface area contributed by atoms with Crippen molar-refractivity contribution in [2.24, 2.45) is 0 Å². The molecule has 3 aromatic rings. The summed E-state index contributed by atoms with van der Waals surface area (Å²) in [4.78, 5) is 3.21. The van der Waals surface area contributed by atoms with Gasteiger partial charge >= 0.3 is 0 Å². The highest BCUT2D eigenvalue weighted by Crippen LogP contribution is 2.31. The normalized spacial score (nSPS) is 15.9. The first kappa shape index (κ1) is 18.0. The first-order valence-corrected chi connectivity index (χ1v) is 10.5. The van der Waals surface area contributed by atoms with Gasteiger partial charge in [0, 0.05) is 28.8 Å². The van der Waals surface area contributed by atoms with Crippen molar-refractivity contribution in [2.75, 3.05) is 18.4 Å². The van der Waals surface area contributed by atoms with Gasteiger partial charge in [-0.25, -0.2) is 12.8 Å². The van der Waals surface area contributed by atoms with Gasteiger partial charge in [-0.3, -0.25) is 0 Å². The highest BCUT2D eigenvalue weighted by molar-refractivity contribution is 7.91. The second-order valence-electron chi connectivity index (χ2n) is 6.99. The van der Waals surface area contributed by atoms with Crippen molar-refractivity contribution in [3.8, 4) is 0 Å². The summed E-state index contributed by atoms with van der Waals surface area (Å²) in [6.45, 7) is 3.87. The molecular weight excluding hydrogens is 365 g/mol. The van der Waals surface area contributed by atoms with Crippen molar-refractivity contribution in [2.45, 2.75) is 35.6 Å². The Morgan fingerprint density at radius 2 is 1.89 bits per heavy atom. The zero-order valence-corrected chi connectivity index (χ0v) is 15.9. The number of piperidine rings is 1. The third-order valence-corrected chi connectivity index (χ3v) is 6.90. The Labute approximate surface area is 157 Å². The van der Waals surface area contributed by atoms with E-state index in [2.05, 4.69) is 15.6 Å². The third-order valence-electron chi connectivity index (χ3n) is 5.11. The van der Waals surface area contributed by atoms with E-state index in [0.29, 0.717) is 16.9 Å². The number of hydrogen-bond acceptors (Lipinski definition) is 4. The smallest absolute Gasteiger partial charge is 0.208 e. The average Bonchev–Trinajstić information content (AvgIpc) is 3.08. The molecule has 27 heavy (non-hydrogen) atoms. The number of H-pyrrole nitrogens is 1. The summed E-state index contributed by atoms with van der Waals surface area (Å²) in [5.41, 5.74) is 2.42. The van der Waals surface area contributed by atoms with E-state index in [9.17, 15) is 12.8 Å². The Bertz CT molecular complexity index is 1090. The van der Waals surface area contributed by atoms with Crippen LogP contribution in [-0.2, 0) is 9.84 Å². The van der Waals surface area contributed by atoms with Gasteiger partial charge in [-0.15, -0.1) is 0 Å². The average molecular weight is 387 g/mol. The van der Waals surface area contributed by atoms with Crippen molar-refractivity contribution in [3.05, 3.63) is 54.0 Å². The third kappa shape index (κ3) is 3.44. The van der Waals surface area contributed by atoms with Crippen molar-refractivity contribution < 1.29 is 12.8 Å². The number of aromatic nitrogens is 1. The fourth-order valence-corrected chi connectivity index (χ4v) is 4.97. The van der Waals surface area contributed by atoms with Gasteiger partial charge in [-0.1, -0.05) is 6.07 Å². The highest BCUT2D eigenvalue weighted by Gasteiger charge is 2.23. The van der Waals surface area contributed by atoms with Crippen molar-refractivity contribution >= 4 is 26.4 Å². The molecule has 1 aliphatic rings. The Kier molecular flexibility index (Phi) is 4.65. The highest BCUT2D eigenvalue weighted by atomic mass is 32.2. The van der Waals surface area contributed by atoms with Crippen molar-refractivity contribution in [3.63, 3.8) is 0 Å². The number of nitrogens with one attached hydrogen (secondary N) is 3. The number of halogens is 1. The minimum atomic E-state index is -3.77. The first-order chi connectivity index (χ1) is 12.9. The molecule has 1 aliphatic heterocycles. The van der Waals surface area contributed by atoms with E-state index in [4.69, 9.17) is 0 Å². The van der Waals surface area contributed by atoms with Crippen LogP contribution in [-0.4, -0.2) is 32.5 Å². The summed E-state index contributed by atoms with van der Waals surface area (Å²) < 4.78 is 40.0. The van der Waals surface area contributed by atoms with E-state index < -0.39 is 15.7 Å². The Balaban J connectivity index is 1.73. The SMILES string of the molecule is Cc1ccc(S(=O)(=O)c2c[nH]c3ccc(F)cc23)cc1NC1CCNCC1. The summed E-state index contributed by atoms with van der Waals surface area (Å²) >= 11 is 0. The van der Waals surface area contributed by atoms with E-state index in [0.717, 1.165) is 37.2 Å². The molecule has 0 saturated carbocycles. The Morgan fingerprint density at radius 3 is 2.67 bits per heavy atom. The number of anilines is 1. The second kappa shape index (κ2) is 6.98. The number of fused-ring (bicyclic) bond motifs is 1. The molecule has 142 valence electrons. The monoisotopic (exact) mass is 387 g/mol. The number of aromatic amines is 1. The minimum Gasteiger partial charge on any atom is -0.382 e. The summed E-state index contributed by atoms with van der Waals surface area (Å²) in [5.74, 6) is -0.462. The maximum Gasteiger partial charge on any atom is 0.208 e. The van der Waals surface area contributed by atoms with Gasteiger partial charge in [0.15, 0.2) is 0 Å². The standard InChI is InChI=1S/C20H22FN3O2S/c1-13-2-4-16(11-19(13)24-15-6-8-22-9-7-15)27(25,26)20-12-23-18-5-3-14(21)10-17(18)20/h2-5,10-12,15,22-24H,6-9H2,1H3. The first-order valence-electron chi connectivity index (χ1n) is 9.05. The molecular formula is C20H22FN3O2S. The van der Waals surface area contributed by atoms with Gasteiger partial charge in [0.1, 0.15) is 5.82 Å². The quantitative estimate of drug-likeness (QED) is 0.639. The van der Waals surface area contributed by atoms with Gasteiger partial charge in [-0.05, 0) is 68.8 Å². The number of benzene rings is 2. The number of aryl methyl sites for hydroxylation is 1. The zero-order chi connectivity index (χ0) is 19.0. The Hall–Kier alpha value is -2.38. The molecule has 0 radical (unpaired) electrons. The molecule has 3 N–H and O–H groups in total. The molecule has 0 amide bonds. The molecule has 2 aromatic carbocycles. The van der Waals surface area contributed by atoms with Crippen LogP contribution >= 0.6 is 0 Å². The van der Waals surface area contributed by atoms with E-state index in [-0.39, 0.29) is 9.79 Å². The van der Waals surface area contributed by atoms with Crippen LogP contribution in [0.5, 0.6) is 0 Å². The number of rotatable bonds is 4. The van der Waals surface area contributed by atoms with Gasteiger partial charge < -0.3 is 15.6 Å². The van der Waals surface area contributed by atoms with E-state index in [1.807, 2.05) is 13.0 Å². The van der Waals surface area contributed by atoms with Gasteiger partial charge in [-0.2, -0.15) is 0 Å². The van der Waals surface area contributed by atoms with Crippen molar-refractivity contribution in [1.29, 1.82) is 0 Å². The van der Waals surface area contributed by atoms with E-state index in [1.54, 1.807) is 18.2 Å². The molecule has 1 aromatic heterocycles. The molecule has 0 spiro atoms. The van der Waals surface area contributed by atoms with Crippen LogP contribution in [0.25, 0.3) is 10.9 Å². The predicted octanol–water partition coefficient (Wildman–Crippen LogP) is 3.61. The Morgan fingerprint density at radius 1 is 1.11 bits per heavy atom. The molecule has 2 heterocycles. The zero-order valence-electron chi connectivity index (χ0n) is 15.0. The number of sulfone groups is 1. The lowest BCUT2D eigenvalue weighted by Crippen LogP contribution is -2.35. The fourth-order valence-electron chi connectivity index (χ4n) is 3.53. The van der Waals surface area contributed by atoms with Gasteiger partial charge in [0.05, 0.1) is 9.79 Å². The van der Waals surface area contributed by atoms with E-state index in [1.165, 1.54) is 18.3 Å². The maximum absolute atomic E-state index is 13.6. The predicted molar refractivity (Wildman–Crippen MR) is 104 cm³/mol. The van der Waals surface area contributed by atoms with Crippen molar-refractivity contribution in [1.82, 2.24) is 10.3 Å². The topological polar surface area (TPSA) is 74.0 Å². The lowest BCUT2D eigenvalue weighted by atomic mass is 10.1. The molecule has 0 aliphatic carbocycles.